The maximum Gasteiger partial charge on any atom is 0.251 e. The lowest BCUT2D eigenvalue weighted by Gasteiger charge is -2.15. The molecule has 2 amide bonds. The molecule has 1 heterocycles. The number of rotatable bonds is 6. The van der Waals surface area contributed by atoms with E-state index in [2.05, 4.69) is 19.2 Å². The van der Waals surface area contributed by atoms with Crippen LogP contribution in [0.15, 0.2) is 24.3 Å². The highest BCUT2D eigenvalue weighted by molar-refractivity contribution is 5.97. The van der Waals surface area contributed by atoms with Crippen LogP contribution in [0.3, 0.4) is 0 Å². The maximum atomic E-state index is 12.0. The lowest BCUT2D eigenvalue weighted by Crippen LogP contribution is -2.25. The topological polar surface area (TPSA) is 49.4 Å². The average Bonchev–Trinajstić information content (AvgIpc) is 2.89. The normalized spacial score (nSPS) is 14.8. The van der Waals surface area contributed by atoms with Crippen molar-refractivity contribution in [2.45, 2.75) is 39.5 Å². The van der Waals surface area contributed by atoms with Crippen molar-refractivity contribution in [1.29, 1.82) is 0 Å². The molecule has 0 radical (unpaired) electrons. The molecule has 1 aliphatic heterocycles. The van der Waals surface area contributed by atoms with Crippen LogP contribution < -0.4 is 10.2 Å². The standard InChI is InChI=1S/C17H24N2O2/c1-13(2)5-3-11-18-17(21)14-7-9-15(10-8-14)19-12-4-6-16(19)20/h7-10,13H,3-6,11-12H2,1-2H3,(H,18,21). The van der Waals surface area contributed by atoms with Crippen LogP contribution in [0.25, 0.3) is 0 Å². The van der Waals surface area contributed by atoms with Gasteiger partial charge in [-0.2, -0.15) is 0 Å². The Labute approximate surface area is 126 Å². The van der Waals surface area contributed by atoms with Crippen molar-refractivity contribution < 1.29 is 9.59 Å². The van der Waals surface area contributed by atoms with Crippen molar-refractivity contribution in [3.63, 3.8) is 0 Å². The van der Waals surface area contributed by atoms with Gasteiger partial charge >= 0.3 is 0 Å². The van der Waals surface area contributed by atoms with Gasteiger partial charge in [0, 0.05) is 30.8 Å². The molecule has 1 aromatic rings. The van der Waals surface area contributed by atoms with E-state index in [1.165, 1.54) is 0 Å². The molecule has 1 aliphatic rings. The second-order valence-electron chi connectivity index (χ2n) is 5.99. The van der Waals surface area contributed by atoms with E-state index in [1.54, 1.807) is 17.0 Å². The number of anilines is 1. The predicted octanol–water partition coefficient (Wildman–Crippen LogP) is 2.98. The molecule has 0 aliphatic carbocycles. The minimum absolute atomic E-state index is 0.0435. The average molecular weight is 288 g/mol. The van der Waals surface area contributed by atoms with Crippen LogP contribution in [0.5, 0.6) is 0 Å². The van der Waals surface area contributed by atoms with Gasteiger partial charge in [-0.25, -0.2) is 0 Å². The van der Waals surface area contributed by atoms with Crippen molar-refractivity contribution in [2.75, 3.05) is 18.0 Å². The van der Waals surface area contributed by atoms with Crippen LogP contribution in [0.4, 0.5) is 5.69 Å². The monoisotopic (exact) mass is 288 g/mol. The van der Waals surface area contributed by atoms with Gasteiger partial charge in [-0.15, -0.1) is 0 Å². The smallest absolute Gasteiger partial charge is 0.251 e. The number of hydrogen-bond donors (Lipinski definition) is 1. The predicted molar refractivity (Wildman–Crippen MR) is 84.4 cm³/mol. The Morgan fingerprint density at radius 1 is 1.29 bits per heavy atom. The van der Waals surface area contributed by atoms with E-state index in [0.717, 1.165) is 31.5 Å². The van der Waals surface area contributed by atoms with E-state index in [-0.39, 0.29) is 11.8 Å². The van der Waals surface area contributed by atoms with Gasteiger partial charge < -0.3 is 10.2 Å². The molecule has 4 nitrogen and oxygen atoms in total. The molecule has 0 saturated carbocycles. The lowest BCUT2D eigenvalue weighted by atomic mass is 10.1. The second-order valence-corrected chi connectivity index (χ2v) is 5.99. The molecule has 0 bridgehead atoms. The number of benzene rings is 1. The summed E-state index contributed by atoms with van der Waals surface area (Å²) in [6.07, 6.45) is 3.66. The number of nitrogens with one attached hydrogen (secondary N) is 1. The molecule has 0 atom stereocenters. The van der Waals surface area contributed by atoms with Crippen LogP contribution in [0, 0.1) is 5.92 Å². The Morgan fingerprint density at radius 3 is 2.57 bits per heavy atom. The van der Waals surface area contributed by atoms with Gasteiger partial charge in [0.2, 0.25) is 5.91 Å². The molecule has 1 N–H and O–H groups in total. The highest BCUT2D eigenvalue weighted by atomic mass is 16.2. The van der Waals surface area contributed by atoms with Crippen LogP contribution >= 0.6 is 0 Å². The number of carbonyl (C=O) groups excluding carboxylic acids is 2. The molecule has 1 saturated heterocycles. The molecule has 0 unspecified atom stereocenters. The summed E-state index contributed by atoms with van der Waals surface area (Å²) in [6.45, 7) is 5.85. The van der Waals surface area contributed by atoms with Gasteiger partial charge in [0.15, 0.2) is 0 Å². The van der Waals surface area contributed by atoms with E-state index in [4.69, 9.17) is 0 Å². The van der Waals surface area contributed by atoms with Crippen molar-refractivity contribution in [3.05, 3.63) is 29.8 Å². The minimum atomic E-state index is -0.0435. The lowest BCUT2D eigenvalue weighted by molar-refractivity contribution is -0.117. The molecule has 2 rings (SSSR count). The van der Waals surface area contributed by atoms with Gasteiger partial charge in [-0.1, -0.05) is 13.8 Å². The first-order valence-corrected chi connectivity index (χ1v) is 7.76. The van der Waals surface area contributed by atoms with Crippen LogP contribution in [0.2, 0.25) is 0 Å². The highest BCUT2D eigenvalue weighted by Crippen LogP contribution is 2.21. The first kappa shape index (κ1) is 15.5. The zero-order valence-electron chi connectivity index (χ0n) is 12.9. The molecule has 0 aromatic heterocycles. The Kier molecular flexibility index (Phi) is 5.37. The van der Waals surface area contributed by atoms with E-state index < -0.39 is 0 Å². The SMILES string of the molecule is CC(C)CCCNC(=O)c1ccc(N2CCCC2=O)cc1. The van der Waals surface area contributed by atoms with Crippen LogP contribution in [0.1, 0.15) is 49.9 Å². The fourth-order valence-electron chi connectivity index (χ4n) is 2.53. The third-order valence-corrected chi connectivity index (χ3v) is 3.76. The van der Waals surface area contributed by atoms with Gasteiger partial charge in [-0.3, -0.25) is 9.59 Å². The Morgan fingerprint density at radius 2 is 2.00 bits per heavy atom. The summed E-state index contributed by atoms with van der Waals surface area (Å²) in [7, 11) is 0. The molecule has 4 heteroatoms. The summed E-state index contributed by atoms with van der Waals surface area (Å²) in [5, 5.41) is 2.93. The zero-order chi connectivity index (χ0) is 15.2. The molecular formula is C17H24N2O2. The van der Waals surface area contributed by atoms with Gasteiger partial charge in [0.25, 0.3) is 5.91 Å². The number of carbonyl (C=O) groups is 2. The van der Waals surface area contributed by atoms with Crippen LogP contribution in [-0.2, 0) is 4.79 Å². The number of amides is 2. The largest absolute Gasteiger partial charge is 0.352 e. The van der Waals surface area contributed by atoms with E-state index in [1.807, 2.05) is 12.1 Å². The van der Waals surface area contributed by atoms with Gasteiger partial charge in [-0.05, 0) is 49.4 Å². The Hall–Kier alpha value is -1.84. The fraction of sp³-hybridized carbons (Fsp3) is 0.529. The van der Waals surface area contributed by atoms with Crippen molar-refractivity contribution in [3.8, 4) is 0 Å². The summed E-state index contributed by atoms with van der Waals surface area (Å²) in [6, 6.07) is 7.29. The molecular weight excluding hydrogens is 264 g/mol. The first-order chi connectivity index (χ1) is 10.1. The van der Waals surface area contributed by atoms with Gasteiger partial charge in [0.05, 0.1) is 0 Å². The van der Waals surface area contributed by atoms with Crippen molar-refractivity contribution in [1.82, 2.24) is 5.32 Å². The summed E-state index contributed by atoms with van der Waals surface area (Å²) < 4.78 is 0. The van der Waals surface area contributed by atoms with Crippen molar-refractivity contribution in [2.24, 2.45) is 5.92 Å². The third-order valence-electron chi connectivity index (χ3n) is 3.76. The molecule has 1 aromatic carbocycles. The summed E-state index contributed by atoms with van der Waals surface area (Å²) >= 11 is 0. The van der Waals surface area contributed by atoms with Gasteiger partial charge in [0.1, 0.15) is 0 Å². The summed E-state index contributed by atoms with van der Waals surface area (Å²) in [5.41, 5.74) is 1.53. The minimum Gasteiger partial charge on any atom is -0.352 e. The second kappa shape index (κ2) is 7.25. The third kappa shape index (κ3) is 4.31. The Bertz CT molecular complexity index is 494. The van der Waals surface area contributed by atoms with E-state index in [9.17, 15) is 9.59 Å². The number of nitrogens with zero attached hydrogens (tertiary/aromatic N) is 1. The zero-order valence-corrected chi connectivity index (χ0v) is 12.9. The van der Waals surface area contributed by atoms with Crippen molar-refractivity contribution >= 4 is 17.5 Å². The molecule has 21 heavy (non-hydrogen) atoms. The summed E-state index contributed by atoms with van der Waals surface area (Å²) in [5.74, 6) is 0.790. The van der Waals surface area contributed by atoms with Crippen LogP contribution in [-0.4, -0.2) is 24.9 Å². The van der Waals surface area contributed by atoms with E-state index >= 15 is 0 Å². The molecule has 114 valence electrons. The summed E-state index contributed by atoms with van der Waals surface area (Å²) in [4.78, 5) is 25.4. The maximum absolute atomic E-state index is 12.0. The highest BCUT2D eigenvalue weighted by Gasteiger charge is 2.21. The Balaban J connectivity index is 1.86. The quantitative estimate of drug-likeness (QED) is 0.818. The molecule has 0 spiro atoms. The van der Waals surface area contributed by atoms with E-state index in [0.29, 0.717) is 24.4 Å². The fourth-order valence-corrected chi connectivity index (χ4v) is 2.53. The first-order valence-electron chi connectivity index (χ1n) is 7.76. The molecule has 1 fully saturated rings. The number of hydrogen-bond acceptors (Lipinski definition) is 2.